The predicted molar refractivity (Wildman–Crippen MR) is 44.8 cm³/mol. The number of aromatic nitrogens is 2. The number of nitrogen functional groups attached to an aromatic ring is 1. The van der Waals surface area contributed by atoms with Gasteiger partial charge in [-0.15, -0.1) is 0 Å². The van der Waals surface area contributed by atoms with Crippen LogP contribution in [0.3, 0.4) is 0 Å². The number of nitrogens with zero attached hydrogens (tertiary/aromatic N) is 2. The summed E-state index contributed by atoms with van der Waals surface area (Å²) in [5, 5.41) is 18.1. The summed E-state index contributed by atoms with van der Waals surface area (Å²) in [5.74, 6) is -2.49. The van der Waals surface area contributed by atoms with E-state index < -0.39 is 17.5 Å². The maximum Gasteiger partial charge on any atom is 0.375 e. The van der Waals surface area contributed by atoms with Gasteiger partial charge in [0.1, 0.15) is 5.39 Å². The number of hydrogen-bond acceptors (Lipinski definition) is 6. The summed E-state index contributed by atoms with van der Waals surface area (Å²) in [6.07, 6.45) is 1.20. The van der Waals surface area contributed by atoms with Gasteiger partial charge >= 0.3 is 5.97 Å². The van der Waals surface area contributed by atoms with Crippen molar-refractivity contribution in [3.8, 4) is 5.75 Å². The Morgan fingerprint density at radius 3 is 2.93 bits per heavy atom. The van der Waals surface area contributed by atoms with Gasteiger partial charge in [-0.2, -0.15) is 4.98 Å². The van der Waals surface area contributed by atoms with E-state index in [4.69, 9.17) is 15.3 Å². The molecule has 0 aliphatic heterocycles. The molecule has 72 valence electrons. The normalized spacial score (nSPS) is 10.6. The standard InChI is InChI=1S/C7H5N3O4/c8-7-9-1-2-3(11)4(6(12)13)14-5(2)10-7/h1,11H,(H,12,13)(H2,8,9,10). The number of aromatic carboxylic acids is 1. The molecule has 7 nitrogen and oxygen atoms in total. The second kappa shape index (κ2) is 2.59. The molecule has 2 aromatic rings. The van der Waals surface area contributed by atoms with E-state index in [1.54, 1.807) is 0 Å². The Morgan fingerprint density at radius 1 is 1.57 bits per heavy atom. The first-order valence-corrected chi connectivity index (χ1v) is 3.57. The summed E-state index contributed by atoms with van der Waals surface area (Å²) in [4.78, 5) is 17.8. The second-order valence-corrected chi connectivity index (χ2v) is 2.53. The summed E-state index contributed by atoms with van der Waals surface area (Å²) >= 11 is 0. The molecule has 7 heteroatoms. The lowest BCUT2D eigenvalue weighted by Gasteiger charge is -1.88. The molecule has 2 aromatic heterocycles. The lowest BCUT2D eigenvalue weighted by atomic mass is 10.3. The molecule has 0 aliphatic rings. The van der Waals surface area contributed by atoms with Gasteiger partial charge in [-0.05, 0) is 0 Å². The Hall–Kier alpha value is -2.31. The molecule has 2 rings (SSSR count). The van der Waals surface area contributed by atoms with Gasteiger partial charge in [-0.1, -0.05) is 0 Å². The number of anilines is 1. The first-order valence-electron chi connectivity index (χ1n) is 3.57. The van der Waals surface area contributed by atoms with Crippen molar-refractivity contribution in [1.29, 1.82) is 0 Å². The van der Waals surface area contributed by atoms with Crippen LogP contribution in [0.2, 0.25) is 0 Å². The van der Waals surface area contributed by atoms with E-state index in [0.29, 0.717) is 0 Å². The first-order chi connectivity index (χ1) is 6.59. The minimum absolute atomic E-state index is 0.0487. The SMILES string of the molecule is Nc1ncc2c(O)c(C(=O)O)oc2n1. The van der Waals surface area contributed by atoms with Crippen LogP contribution in [-0.2, 0) is 0 Å². The molecular formula is C7H5N3O4. The van der Waals surface area contributed by atoms with E-state index in [1.807, 2.05) is 0 Å². The van der Waals surface area contributed by atoms with Crippen molar-refractivity contribution < 1.29 is 19.4 Å². The molecule has 0 unspecified atom stereocenters. The molecule has 4 N–H and O–H groups in total. The third-order valence-corrected chi connectivity index (χ3v) is 1.64. The number of carboxylic acid groups (broad SMARTS) is 1. The lowest BCUT2D eigenvalue weighted by Crippen LogP contribution is -1.92. The van der Waals surface area contributed by atoms with Gasteiger partial charge in [-0.3, -0.25) is 0 Å². The zero-order valence-electron chi connectivity index (χ0n) is 6.76. The Balaban J connectivity index is 2.79. The summed E-state index contributed by atoms with van der Waals surface area (Å²) in [6, 6.07) is 0. The highest BCUT2D eigenvalue weighted by atomic mass is 16.4. The Kier molecular flexibility index (Phi) is 1.53. The van der Waals surface area contributed by atoms with Gasteiger partial charge in [0.25, 0.3) is 5.76 Å². The van der Waals surface area contributed by atoms with Crippen LogP contribution in [0, 0.1) is 0 Å². The zero-order valence-corrected chi connectivity index (χ0v) is 6.76. The van der Waals surface area contributed by atoms with Crippen molar-refractivity contribution in [2.75, 3.05) is 5.73 Å². The monoisotopic (exact) mass is 195 g/mol. The third-order valence-electron chi connectivity index (χ3n) is 1.64. The smallest absolute Gasteiger partial charge is 0.375 e. The average molecular weight is 195 g/mol. The number of fused-ring (bicyclic) bond motifs is 1. The van der Waals surface area contributed by atoms with Crippen molar-refractivity contribution in [2.45, 2.75) is 0 Å². The van der Waals surface area contributed by atoms with Crippen LogP contribution in [0.4, 0.5) is 5.95 Å². The molecule has 0 bridgehead atoms. The van der Waals surface area contributed by atoms with Gasteiger partial charge in [0.2, 0.25) is 11.7 Å². The number of hydrogen-bond donors (Lipinski definition) is 3. The van der Waals surface area contributed by atoms with Crippen LogP contribution < -0.4 is 5.73 Å². The number of aromatic hydroxyl groups is 1. The molecule has 0 spiro atoms. The molecule has 0 aliphatic carbocycles. The van der Waals surface area contributed by atoms with Gasteiger partial charge in [-0.25, -0.2) is 9.78 Å². The van der Waals surface area contributed by atoms with Crippen LogP contribution in [0.1, 0.15) is 10.6 Å². The number of carbonyl (C=O) groups is 1. The fraction of sp³-hybridized carbons (Fsp3) is 0. The van der Waals surface area contributed by atoms with E-state index in [2.05, 4.69) is 9.97 Å². The molecule has 0 atom stereocenters. The number of furan rings is 1. The lowest BCUT2D eigenvalue weighted by molar-refractivity contribution is 0.0660. The fourth-order valence-electron chi connectivity index (χ4n) is 1.03. The minimum atomic E-state index is -1.38. The number of carboxylic acids is 1. The van der Waals surface area contributed by atoms with Crippen LogP contribution >= 0.6 is 0 Å². The molecular weight excluding hydrogens is 190 g/mol. The Bertz CT molecular complexity index is 519. The maximum atomic E-state index is 10.5. The van der Waals surface area contributed by atoms with Crippen LogP contribution in [0.5, 0.6) is 5.75 Å². The highest BCUT2D eigenvalue weighted by molar-refractivity contribution is 5.96. The highest BCUT2D eigenvalue weighted by Gasteiger charge is 2.20. The quantitative estimate of drug-likeness (QED) is 0.594. The summed E-state index contributed by atoms with van der Waals surface area (Å²) in [6.45, 7) is 0. The van der Waals surface area contributed by atoms with Crippen molar-refractivity contribution in [3.05, 3.63) is 12.0 Å². The third kappa shape index (κ3) is 1.03. The summed E-state index contributed by atoms with van der Waals surface area (Å²) in [5.41, 5.74) is 5.20. The second-order valence-electron chi connectivity index (χ2n) is 2.53. The molecule has 2 heterocycles. The average Bonchev–Trinajstić information content (AvgIpc) is 2.43. The zero-order chi connectivity index (χ0) is 10.3. The number of rotatable bonds is 1. The van der Waals surface area contributed by atoms with Gasteiger partial charge < -0.3 is 20.4 Å². The first kappa shape index (κ1) is 8.30. The molecule has 14 heavy (non-hydrogen) atoms. The molecule has 0 saturated heterocycles. The van der Waals surface area contributed by atoms with Crippen LogP contribution in [0.15, 0.2) is 10.6 Å². The summed E-state index contributed by atoms with van der Waals surface area (Å²) in [7, 11) is 0. The van der Waals surface area contributed by atoms with Crippen LogP contribution in [0.25, 0.3) is 11.1 Å². The van der Waals surface area contributed by atoms with Crippen molar-refractivity contribution >= 4 is 23.0 Å². The highest BCUT2D eigenvalue weighted by Crippen LogP contribution is 2.30. The molecule has 0 radical (unpaired) electrons. The topological polar surface area (TPSA) is 122 Å². The maximum absolute atomic E-state index is 10.5. The van der Waals surface area contributed by atoms with Crippen LogP contribution in [-0.4, -0.2) is 26.2 Å². The van der Waals surface area contributed by atoms with E-state index in [-0.39, 0.29) is 17.0 Å². The van der Waals surface area contributed by atoms with Gasteiger partial charge in [0.05, 0.1) is 0 Å². The van der Waals surface area contributed by atoms with E-state index in [1.165, 1.54) is 6.20 Å². The molecule has 0 amide bonds. The van der Waals surface area contributed by atoms with E-state index in [9.17, 15) is 9.90 Å². The van der Waals surface area contributed by atoms with Crippen molar-refractivity contribution in [1.82, 2.24) is 9.97 Å². The minimum Gasteiger partial charge on any atom is -0.503 e. The van der Waals surface area contributed by atoms with Gasteiger partial charge in [0, 0.05) is 6.20 Å². The Morgan fingerprint density at radius 2 is 2.29 bits per heavy atom. The number of nitrogens with two attached hydrogens (primary N) is 1. The predicted octanol–water partition coefficient (Wildman–Crippen LogP) is 0.209. The fourth-order valence-corrected chi connectivity index (χ4v) is 1.03. The largest absolute Gasteiger partial charge is 0.503 e. The molecule has 0 saturated carbocycles. The Labute approximate surface area is 76.8 Å². The van der Waals surface area contributed by atoms with Crippen molar-refractivity contribution in [3.63, 3.8) is 0 Å². The molecule has 0 fully saturated rings. The molecule has 0 aromatic carbocycles. The van der Waals surface area contributed by atoms with Gasteiger partial charge in [0.15, 0.2) is 5.75 Å². The van der Waals surface area contributed by atoms with E-state index in [0.717, 1.165) is 0 Å². The summed E-state index contributed by atoms with van der Waals surface area (Å²) < 4.78 is 4.76. The van der Waals surface area contributed by atoms with Crippen molar-refractivity contribution in [2.24, 2.45) is 0 Å². The van der Waals surface area contributed by atoms with E-state index >= 15 is 0 Å².